The van der Waals surface area contributed by atoms with Crippen molar-refractivity contribution in [3.8, 4) is 5.69 Å². The van der Waals surface area contributed by atoms with Gasteiger partial charge in [0.15, 0.2) is 8.29 Å². The number of methoxy groups -OCH3 is 1. The Bertz CT molecular complexity index is 1310. The number of halogens is 1. The number of hydrogen-bond acceptors (Lipinski definition) is 8. The summed E-state index contributed by atoms with van der Waals surface area (Å²) in [6.07, 6.45) is 0. The summed E-state index contributed by atoms with van der Waals surface area (Å²) in [6, 6.07) is 14.5. The van der Waals surface area contributed by atoms with Crippen molar-refractivity contribution in [2.24, 2.45) is 0 Å². The Hall–Kier alpha value is -2.66. The summed E-state index contributed by atoms with van der Waals surface area (Å²) in [5.74, 6) is -0.526. The maximum Gasteiger partial charge on any atom is 0.345 e. The number of aromatic amines is 1. The number of fused-ring (bicyclic) bond motifs is 1. The van der Waals surface area contributed by atoms with Crippen LogP contribution in [-0.2, 0) is 9.53 Å². The molecule has 0 unspecified atom stereocenters. The Labute approximate surface area is 195 Å². The minimum atomic E-state index is -0.684. The Morgan fingerprint density at radius 1 is 1.29 bits per heavy atom. The van der Waals surface area contributed by atoms with Crippen LogP contribution >= 0.6 is 46.9 Å². The summed E-state index contributed by atoms with van der Waals surface area (Å²) in [5, 5.41) is 15.8. The van der Waals surface area contributed by atoms with Crippen LogP contribution < -0.4 is 0 Å². The number of para-hydroxylation sites is 2. The molecule has 31 heavy (non-hydrogen) atoms. The van der Waals surface area contributed by atoms with Crippen molar-refractivity contribution in [1.29, 1.82) is 0 Å². The summed E-state index contributed by atoms with van der Waals surface area (Å²) in [6.45, 7) is 0. The third kappa shape index (κ3) is 4.67. The average molecular weight is 491 g/mol. The highest BCUT2D eigenvalue weighted by molar-refractivity contribution is 8.01. The molecule has 7 nitrogen and oxygen atoms in total. The number of aliphatic hydroxyl groups excluding tert-OH is 1. The van der Waals surface area contributed by atoms with Gasteiger partial charge in [0, 0.05) is 5.02 Å². The van der Waals surface area contributed by atoms with E-state index in [9.17, 15) is 9.90 Å². The first-order valence-corrected chi connectivity index (χ1v) is 11.5. The number of nitrogens with one attached hydrogen (secondary N) is 1. The van der Waals surface area contributed by atoms with Gasteiger partial charge in [-0.25, -0.2) is 14.5 Å². The van der Waals surface area contributed by atoms with Gasteiger partial charge < -0.3 is 14.8 Å². The predicted octanol–water partition coefficient (Wildman–Crippen LogP) is 5.43. The average Bonchev–Trinajstić information content (AvgIpc) is 3.36. The number of nitrogens with zero attached hydrogens (tertiary/aromatic N) is 3. The van der Waals surface area contributed by atoms with E-state index in [0.29, 0.717) is 18.8 Å². The van der Waals surface area contributed by atoms with Crippen molar-refractivity contribution < 1.29 is 14.6 Å². The third-order valence-electron chi connectivity index (χ3n) is 4.24. The summed E-state index contributed by atoms with van der Waals surface area (Å²) in [7, 11) is 1.25. The van der Waals surface area contributed by atoms with Crippen LogP contribution in [0.25, 0.3) is 22.3 Å². The molecule has 0 saturated heterocycles. The van der Waals surface area contributed by atoms with Gasteiger partial charge in [0.25, 0.3) is 0 Å². The van der Waals surface area contributed by atoms with E-state index in [1.54, 1.807) is 16.8 Å². The van der Waals surface area contributed by atoms with Crippen molar-refractivity contribution in [1.82, 2.24) is 19.7 Å². The standard InChI is InChI=1S/C20H15ClN4O3S3/c1-28-18(27)16(17-22-13-4-2-3-5-14(13)23-17)15(26)10-30-19-24-25(20(29)31-19)12-8-6-11(21)7-9-12/h2-9,26H,10H2,1H3,(H,22,23)/b16-15+. The number of aliphatic hydroxyl groups is 1. The molecule has 0 atom stereocenters. The number of hydrogen-bond donors (Lipinski definition) is 2. The Balaban J connectivity index is 1.61. The molecule has 4 aromatic rings. The second-order valence-corrected chi connectivity index (χ2v) is 9.51. The molecule has 0 saturated carbocycles. The van der Waals surface area contributed by atoms with Gasteiger partial charge in [0.2, 0.25) is 0 Å². The maximum atomic E-state index is 12.4. The minimum absolute atomic E-state index is 0.0214. The van der Waals surface area contributed by atoms with Gasteiger partial charge in [-0.05, 0) is 48.6 Å². The van der Waals surface area contributed by atoms with Gasteiger partial charge in [0.05, 0.1) is 29.6 Å². The highest BCUT2D eigenvalue weighted by Gasteiger charge is 2.22. The molecule has 0 aliphatic carbocycles. The van der Waals surface area contributed by atoms with Crippen LogP contribution in [0.2, 0.25) is 5.02 Å². The first-order valence-electron chi connectivity index (χ1n) is 8.90. The van der Waals surface area contributed by atoms with Crippen molar-refractivity contribution in [2.75, 3.05) is 12.9 Å². The molecule has 2 N–H and O–H groups in total. The molecule has 0 aliphatic rings. The summed E-state index contributed by atoms with van der Waals surface area (Å²) in [4.78, 5) is 19.8. The highest BCUT2D eigenvalue weighted by atomic mass is 35.5. The number of benzene rings is 2. The van der Waals surface area contributed by atoms with Gasteiger partial charge >= 0.3 is 5.97 Å². The lowest BCUT2D eigenvalue weighted by atomic mass is 10.2. The van der Waals surface area contributed by atoms with E-state index in [1.807, 2.05) is 36.4 Å². The monoisotopic (exact) mass is 490 g/mol. The molecule has 158 valence electrons. The SMILES string of the molecule is COC(=O)/C(=C(/O)CSc1nn(-c2ccc(Cl)cc2)c(=S)s1)c1nc2ccccc2[nH]1. The summed E-state index contributed by atoms with van der Waals surface area (Å²) >= 11 is 13.9. The Morgan fingerprint density at radius 2 is 2.03 bits per heavy atom. The Kier molecular flexibility index (Phi) is 6.42. The number of H-pyrrole nitrogens is 1. The van der Waals surface area contributed by atoms with Crippen LogP contribution in [0.4, 0.5) is 0 Å². The maximum absolute atomic E-state index is 12.4. The summed E-state index contributed by atoms with van der Waals surface area (Å²) < 4.78 is 7.67. The van der Waals surface area contributed by atoms with Crippen molar-refractivity contribution in [3.05, 3.63) is 69.1 Å². The van der Waals surface area contributed by atoms with E-state index < -0.39 is 5.97 Å². The van der Waals surface area contributed by atoms with E-state index >= 15 is 0 Å². The Morgan fingerprint density at radius 3 is 2.74 bits per heavy atom. The quantitative estimate of drug-likeness (QED) is 0.122. The fourth-order valence-corrected chi connectivity index (χ4v) is 5.16. The topological polar surface area (TPSA) is 93.0 Å². The van der Waals surface area contributed by atoms with Crippen molar-refractivity contribution in [2.45, 2.75) is 4.34 Å². The van der Waals surface area contributed by atoms with Crippen LogP contribution in [0.5, 0.6) is 0 Å². The number of aromatic nitrogens is 4. The van der Waals surface area contributed by atoms with E-state index in [1.165, 1.54) is 30.2 Å². The lowest BCUT2D eigenvalue weighted by Gasteiger charge is -2.06. The van der Waals surface area contributed by atoms with Gasteiger partial charge in [-0.1, -0.05) is 46.8 Å². The summed E-state index contributed by atoms with van der Waals surface area (Å²) in [5.41, 5.74) is 2.19. The zero-order chi connectivity index (χ0) is 22.0. The number of carbonyl (C=O) groups excluding carboxylic acids is 1. The first-order chi connectivity index (χ1) is 15.0. The van der Waals surface area contributed by atoms with Crippen LogP contribution in [-0.4, -0.2) is 43.7 Å². The number of imidazole rings is 1. The van der Waals surface area contributed by atoms with Gasteiger partial charge in [-0.3, -0.25) is 0 Å². The van der Waals surface area contributed by atoms with Crippen LogP contribution in [0.3, 0.4) is 0 Å². The number of carbonyl (C=O) groups is 1. The molecule has 2 aromatic carbocycles. The molecular weight excluding hydrogens is 476 g/mol. The molecule has 0 bridgehead atoms. The molecule has 2 heterocycles. The molecule has 0 spiro atoms. The molecular formula is C20H15ClN4O3S3. The van der Waals surface area contributed by atoms with E-state index in [0.717, 1.165) is 11.2 Å². The van der Waals surface area contributed by atoms with Gasteiger partial charge in [-0.15, -0.1) is 5.10 Å². The van der Waals surface area contributed by atoms with Crippen molar-refractivity contribution >= 4 is 69.5 Å². The number of ether oxygens (including phenoxy) is 1. The predicted molar refractivity (Wildman–Crippen MR) is 126 cm³/mol. The smallest absolute Gasteiger partial charge is 0.345 e. The molecule has 4 rings (SSSR count). The van der Waals surface area contributed by atoms with Crippen LogP contribution in [0, 0.1) is 3.95 Å². The third-order valence-corrected chi connectivity index (χ3v) is 6.87. The van der Waals surface area contributed by atoms with E-state index in [4.69, 9.17) is 28.6 Å². The molecule has 0 amide bonds. The van der Waals surface area contributed by atoms with Gasteiger partial charge in [0.1, 0.15) is 17.2 Å². The van der Waals surface area contributed by atoms with E-state index in [2.05, 4.69) is 15.1 Å². The number of esters is 1. The highest BCUT2D eigenvalue weighted by Crippen LogP contribution is 2.28. The normalized spacial score (nSPS) is 12.1. The second kappa shape index (κ2) is 9.23. The zero-order valence-corrected chi connectivity index (χ0v) is 19.2. The minimum Gasteiger partial charge on any atom is -0.510 e. The molecule has 0 aliphatic heterocycles. The molecule has 11 heteroatoms. The van der Waals surface area contributed by atoms with E-state index in [-0.39, 0.29) is 22.9 Å². The lowest BCUT2D eigenvalue weighted by Crippen LogP contribution is -2.09. The van der Waals surface area contributed by atoms with Crippen LogP contribution in [0.1, 0.15) is 5.82 Å². The van der Waals surface area contributed by atoms with Gasteiger partial charge in [-0.2, -0.15) is 0 Å². The molecule has 2 aromatic heterocycles. The van der Waals surface area contributed by atoms with Crippen LogP contribution in [0.15, 0.2) is 58.6 Å². The zero-order valence-electron chi connectivity index (χ0n) is 16.0. The largest absolute Gasteiger partial charge is 0.510 e. The number of rotatable bonds is 6. The molecule has 0 radical (unpaired) electrons. The van der Waals surface area contributed by atoms with Crippen molar-refractivity contribution in [3.63, 3.8) is 0 Å². The number of thioether (sulfide) groups is 1. The second-order valence-electron chi connectivity index (χ2n) is 6.23. The molecule has 0 fully saturated rings. The fraction of sp³-hybridized carbons (Fsp3) is 0.100. The first kappa shape index (κ1) is 21.6. The lowest BCUT2D eigenvalue weighted by molar-refractivity contribution is -0.133. The fourth-order valence-electron chi connectivity index (χ4n) is 2.79.